The molecule has 0 saturated carbocycles. The molecular formula is C12H22NiO4. The molecule has 0 unspecified atom stereocenters. The molecule has 0 aliphatic carbocycles. The Hall–Kier alpha value is -0.566. The van der Waals surface area contributed by atoms with Crippen LogP contribution in [-0.2, 0) is 26.1 Å². The number of aliphatic carboxylic acids is 2. The second-order valence-electron chi connectivity index (χ2n) is 3.66. The minimum absolute atomic E-state index is 0. The maximum atomic E-state index is 9.76. The molecule has 0 amide bonds. The van der Waals surface area contributed by atoms with E-state index in [-0.39, 0.29) is 29.3 Å². The van der Waals surface area contributed by atoms with Crippen molar-refractivity contribution in [3.8, 4) is 0 Å². The average molecular weight is 289 g/mol. The molecule has 0 fully saturated rings. The van der Waals surface area contributed by atoms with Gasteiger partial charge in [0.05, 0.1) is 0 Å². The number of carboxylic acids is 2. The van der Waals surface area contributed by atoms with Gasteiger partial charge in [-0.05, 0) is 25.7 Å². The molecule has 0 aromatic carbocycles. The van der Waals surface area contributed by atoms with Crippen molar-refractivity contribution in [1.82, 2.24) is 0 Å². The molecule has 0 rings (SSSR count). The Balaban J connectivity index is -0.000000218. The first kappa shape index (κ1) is 21.7. The average Bonchev–Trinajstić information content (AvgIpc) is 2.18. The third kappa shape index (κ3) is 31.3. The summed E-state index contributed by atoms with van der Waals surface area (Å²) in [5.74, 6) is -1.86. The molecule has 0 aromatic heterocycles. The Morgan fingerprint density at radius 3 is 1.24 bits per heavy atom. The van der Waals surface area contributed by atoms with Crippen LogP contribution in [0.15, 0.2) is 0 Å². The fourth-order valence-corrected chi connectivity index (χ4v) is 1.04. The van der Waals surface area contributed by atoms with Crippen LogP contribution in [0.3, 0.4) is 0 Å². The fourth-order valence-electron chi connectivity index (χ4n) is 1.04. The van der Waals surface area contributed by atoms with E-state index in [0.717, 1.165) is 38.5 Å². The Labute approximate surface area is 114 Å². The summed E-state index contributed by atoms with van der Waals surface area (Å²) in [7, 11) is 0. The van der Waals surface area contributed by atoms with E-state index in [1.807, 2.05) is 13.8 Å². The van der Waals surface area contributed by atoms with E-state index in [0.29, 0.717) is 0 Å². The normalized spacial score (nSPS) is 8.59. The zero-order chi connectivity index (χ0) is 12.8. The summed E-state index contributed by atoms with van der Waals surface area (Å²) < 4.78 is 0. The molecule has 0 N–H and O–H groups in total. The van der Waals surface area contributed by atoms with E-state index in [4.69, 9.17) is 0 Å². The molecule has 5 heteroatoms. The topological polar surface area (TPSA) is 80.3 Å². The van der Waals surface area contributed by atoms with Gasteiger partial charge < -0.3 is 19.8 Å². The van der Waals surface area contributed by atoms with E-state index < -0.39 is 11.9 Å². The first-order valence-corrected chi connectivity index (χ1v) is 5.94. The van der Waals surface area contributed by atoms with Crippen molar-refractivity contribution in [3.63, 3.8) is 0 Å². The van der Waals surface area contributed by atoms with Crippen molar-refractivity contribution in [2.45, 2.75) is 65.2 Å². The largest absolute Gasteiger partial charge is 2.00 e. The molecule has 0 aliphatic rings. The number of carboxylic acid groups (broad SMARTS) is 2. The number of unbranched alkanes of at least 4 members (excludes halogenated alkanes) is 4. The van der Waals surface area contributed by atoms with Gasteiger partial charge in [-0.15, -0.1) is 0 Å². The van der Waals surface area contributed by atoms with Crippen LogP contribution >= 0.6 is 0 Å². The summed E-state index contributed by atoms with van der Waals surface area (Å²) in [6, 6.07) is 0. The van der Waals surface area contributed by atoms with Crippen LogP contribution in [0.5, 0.6) is 0 Å². The molecular weight excluding hydrogens is 267 g/mol. The Morgan fingerprint density at radius 2 is 1.06 bits per heavy atom. The maximum absolute atomic E-state index is 9.76. The van der Waals surface area contributed by atoms with Gasteiger partial charge in [-0.3, -0.25) is 0 Å². The zero-order valence-corrected chi connectivity index (χ0v) is 11.6. The van der Waals surface area contributed by atoms with Crippen molar-refractivity contribution >= 4 is 11.9 Å². The van der Waals surface area contributed by atoms with Gasteiger partial charge in [0, 0.05) is 11.9 Å². The number of carbonyl (C=O) groups excluding carboxylic acids is 2. The van der Waals surface area contributed by atoms with Crippen LogP contribution in [0, 0.1) is 0 Å². The van der Waals surface area contributed by atoms with E-state index in [9.17, 15) is 19.8 Å². The number of rotatable bonds is 8. The van der Waals surface area contributed by atoms with Gasteiger partial charge in [-0.25, -0.2) is 0 Å². The predicted molar refractivity (Wildman–Crippen MR) is 58.3 cm³/mol. The summed E-state index contributed by atoms with van der Waals surface area (Å²) in [6.45, 7) is 4.07. The minimum atomic E-state index is -0.932. The number of carbonyl (C=O) groups is 2. The molecule has 0 bridgehead atoms. The van der Waals surface area contributed by atoms with Crippen molar-refractivity contribution < 1.29 is 36.3 Å². The smallest absolute Gasteiger partial charge is 0.550 e. The second kappa shape index (κ2) is 17.8. The molecule has 4 nitrogen and oxygen atoms in total. The summed E-state index contributed by atoms with van der Waals surface area (Å²) in [5, 5.41) is 19.5. The van der Waals surface area contributed by atoms with Crippen molar-refractivity contribution in [2.75, 3.05) is 0 Å². The van der Waals surface area contributed by atoms with Crippen LogP contribution in [-0.4, -0.2) is 11.9 Å². The van der Waals surface area contributed by atoms with Crippen LogP contribution < -0.4 is 10.2 Å². The molecule has 0 aliphatic heterocycles. The first-order valence-electron chi connectivity index (χ1n) is 5.94. The first-order chi connectivity index (χ1) is 7.54. The van der Waals surface area contributed by atoms with Gasteiger partial charge in [-0.2, -0.15) is 0 Å². The number of hydrogen-bond donors (Lipinski definition) is 0. The molecule has 104 valence electrons. The zero-order valence-electron chi connectivity index (χ0n) is 10.6. The van der Waals surface area contributed by atoms with Crippen LogP contribution in [0.1, 0.15) is 65.2 Å². The molecule has 0 aromatic rings. The predicted octanol–water partition coefficient (Wildman–Crippen LogP) is 0.631. The van der Waals surface area contributed by atoms with Gasteiger partial charge in [0.2, 0.25) is 0 Å². The summed E-state index contributed by atoms with van der Waals surface area (Å²) in [6.07, 6.45) is 6.07. The van der Waals surface area contributed by atoms with Gasteiger partial charge >= 0.3 is 16.5 Å². The molecule has 0 radical (unpaired) electrons. The summed E-state index contributed by atoms with van der Waals surface area (Å²) >= 11 is 0. The van der Waals surface area contributed by atoms with Gasteiger partial charge in [0.1, 0.15) is 0 Å². The van der Waals surface area contributed by atoms with Crippen LogP contribution in [0.4, 0.5) is 0 Å². The summed E-state index contributed by atoms with van der Waals surface area (Å²) in [4.78, 5) is 19.5. The quantitative estimate of drug-likeness (QED) is 0.485. The van der Waals surface area contributed by atoms with Crippen LogP contribution in [0.25, 0.3) is 0 Å². The SMILES string of the molecule is CCCCCC(=O)[O-].CCCCCC(=O)[O-].[Ni+2]. The van der Waals surface area contributed by atoms with Gasteiger partial charge in [0.25, 0.3) is 0 Å². The molecule has 0 saturated heterocycles. The third-order valence-electron chi connectivity index (χ3n) is 1.97. The maximum Gasteiger partial charge on any atom is 2.00 e. The van der Waals surface area contributed by atoms with E-state index >= 15 is 0 Å². The summed E-state index contributed by atoms with van der Waals surface area (Å²) in [5.41, 5.74) is 0. The fraction of sp³-hybridized carbons (Fsp3) is 0.833. The third-order valence-corrected chi connectivity index (χ3v) is 1.97. The van der Waals surface area contributed by atoms with E-state index in [1.165, 1.54) is 0 Å². The Bertz CT molecular complexity index is 163. The Kier molecular flexibility index (Phi) is 22.7. The Morgan fingerprint density at radius 1 is 0.765 bits per heavy atom. The molecule has 17 heavy (non-hydrogen) atoms. The van der Waals surface area contributed by atoms with Crippen LogP contribution in [0.2, 0.25) is 0 Å². The van der Waals surface area contributed by atoms with E-state index in [2.05, 4.69) is 0 Å². The molecule has 0 heterocycles. The van der Waals surface area contributed by atoms with E-state index in [1.54, 1.807) is 0 Å². The molecule has 0 spiro atoms. The monoisotopic (exact) mass is 288 g/mol. The van der Waals surface area contributed by atoms with Gasteiger partial charge in [-0.1, -0.05) is 39.5 Å². The second-order valence-corrected chi connectivity index (χ2v) is 3.66. The standard InChI is InChI=1S/2C6H12O2.Ni/c2*1-2-3-4-5-6(7)8;/h2*2-5H2,1H3,(H,7,8);/q;;+2/p-2. The number of hydrogen-bond acceptors (Lipinski definition) is 4. The van der Waals surface area contributed by atoms with Gasteiger partial charge in [0.15, 0.2) is 0 Å². The molecule has 0 atom stereocenters. The van der Waals surface area contributed by atoms with Crippen molar-refractivity contribution in [2.24, 2.45) is 0 Å². The minimum Gasteiger partial charge on any atom is -0.550 e. The van der Waals surface area contributed by atoms with Crippen molar-refractivity contribution in [1.29, 1.82) is 0 Å². The van der Waals surface area contributed by atoms with Crippen molar-refractivity contribution in [3.05, 3.63) is 0 Å².